The van der Waals surface area contributed by atoms with Gasteiger partial charge in [-0.05, 0) is 33.3 Å². The van der Waals surface area contributed by atoms with Crippen LogP contribution >= 0.6 is 11.3 Å². The minimum Gasteiger partial charge on any atom is -0.462 e. The summed E-state index contributed by atoms with van der Waals surface area (Å²) in [5.74, 6) is 0.454. The number of allylic oxidation sites excluding steroid dienone is 1. The lowest BCUT2D eigenvalue weighted by Gasteiger charge is -2.05. The molecule has 2 aromatic rings. The number of aryl methyl sites for hydroxylation is 1. The van der Waals surface area contributed by atoms with Crippen LogP contribution in [0.5, 0.6) is 0 Å². The van der Waals surface area contributed by atoms with Crippen LogP contribution in [0.15, 0.2) is 18.0 Å². The molecule has 0 saturated heterocycles. The smallest absolute Gasteiger partial charge is 0.348 e. The van der Waals surface area contributed by atoms with E-state index < -0.39 is 0 Å². The first-order valence-corrected chi connectivity index (χ1v) is 7.64. The maximum Gasteiger partial charge on any atom is 0.348 e. The van der Waals surface area contributed by atoms with Gasteiger partial charge < -0.3 is 10.1 Å². The maximum absolute atomic E-state index is 12.0. The van der Waals surface area contributed by atoms with E-state index in [4.69, 9.17) is 4.74 Å². The summed E-state index contributed by atoms with van der Waals surface area (Å²) in [4.78, 5) is 21.9. The molecule has 0 aliphatic heterocycles. The lowest BCUT2D eigenvalue weighted by Crippen LogP contribution is -2.04. The molecule has 0 spiro atoms. The molecule has 0 saturated carbocycles. The van der Waals surface area contributed by atoms with Gasteiger partial charge in [-0.3, -0.25) is 0 Å². The van der Waals surface area contributed by atoms with E-state index in [0.29, 0.717) is 18.0 Å². The highest BCUT2D eigenvalue weighted by Gasteiger charge is 2.19. The first-order valence-electron chi connectivity index (χ1n) is 6.83. The molecule has 0 amide bonds. The number of carbonyl (C=O) groups excluding carboxylic acids is 1. The van der Waals surface area contributed by atoms with Crippen LogP contribution in [0, 0.1) is 6.92 Å². The zero-order chi connectivity index (χ0) is 15.4. The lowest BCUT2D eigenvalue weighted by molar-refractivity contribution is 0.0531. The van der Waals surface area contributed by atoms with Crippen LogP contribution in [0.1, 0.15) is 36.0 Å². The molecule has 0 atom stereocenters. The molecular weight excluding hydrogens is 286 g/mol. The molecule has 0 fully saturated rings. The first kappa shape index (κ1) is 15.4. The van der Waals surface area contributed by atoms with Gasteiger partial charge in [0, 0.05) is 6.54 Å². The van der Waals surface area contributed by atoms with Gasteiger partial charge in [-0.25, -0.2) is 14.8 Å². The standard InChI is InChI=1S/C15H19N3O2S/c1-5-20-15(19)12-10(4)11-13(16-7-6-9(2)3)17-8-18-14(11)21-12/h6,8H,5,7H2,1-4H3,(H,16,17,18). The summed E-state index contributed by atoms with van der Waals surface area (Å²) in [5, 5.41) is 4.17. The first-order chi connectivity index (χ1) is 10.0. The number of nitrogens with one attached hydrogen (secondary N) is 1. The molecule has 0 bridgehead atoms. The third-order valence-electron chi connectivity index (χ3n) is 2.97. The Morgan fingerprint density at radius 2 is 2.19 bits per heavy atom. The second-order valence-corrected chi connectivity index (χ2v) is 5.84. The zero-order valence-corrected chi connectivity index (χ0v) is 13.5. The van der Waals surface area contributed by atoms with Crippen molar-refractivity contribution in [2.75, 3.05) is 18.5 Å². The van der Waals surface area contributed by atoms with Crippen LogP contribution in [-0.2, 0) is 4.74 Å². The Morgan fingerprint density at radius 3 is 2.86 bits per heavy atom. The van der Waals surface area contributed by atoms with E-state index in [1.807, 2.05) is 20.8 Å². The van der Waals surface area contributed by atoms with Crippen molar-refractivity contribution in [3.05, 3.63) is 28.4 Å². The van der Waals surface area contributed by atoms with E-state index >= 15 is 0 Å². The Bertz CT molecular complexity index is 688. The molecule has 21 heavy (non-hydrogen) atoms. The van der Waals surface area contributed by atoms with Crippen molar-refractivity contribution >= 4 is 33.3 Å². The van der Waals surface area contributed by atoms with Gasteiger partial charge in [0.05, 0.1) is 12.0 Å². The predicted molar refractivity (Wildman–Crippen MR) is 86.0 cm³/mol. The van der Waals surface area contributed by atoms with Crippen LogP contribution in [0.3, 0.4) is 0 Å². The SMILES string of the molecule is CCOC(=O)c1sc2ncnc(NCC=C(C)C)c2c1C. The number of carbonyl (C=O) groups is 1. The summed E-state index contributed by atoms with van der Waals surface area (Å²) >= 11 is 1.34. The molecule has 112 valence electrons. The van der Waals surface area contributed by atoms with Gasteiger partial charge >= 0.3 is 5.97 Å². The van der Waals surface area contributed by atoms with Gasteiger partial charge in [0.1, 0.15) is 21.9 Å². The number of esters is 1. The number of hydrogen-bond acceptors (Lipinski definition) is 6. The van der Waals surface area contributed by atoms with E-state index in [0.717, 1.165) is 21.6 Å². The molecule has 1 N–H and O–H groups in total. The molecule has 0 radical (unpaired) electrons. The molecule has 0 aliphatic rings. The van der Waals surface area contributed by atoms with Crippen molar-refractivity contribution in [1.82, 2.24) is 9.97 Å². The summed E-state index contributed by atoms with van der Waals surface area (Å²) in [5.41, 5.74) is 2.11. The Morgan fingerprint density at radius 1 is 1.43 bits per heavy atom. The van der Waals surface area contributed by atoms with E-state index in [9.17, 15) is 4.79 Å². The van der Waals surface area contributed by atoms with Gasteiger partial charge in [0.2, 0.25) is 0 Å². The van der Waals surface area contributed by atoms with E-state index in [1.54, 1.807) is 6.92 Å². The fraction of sp³-hybridized carbons (Fsp3) is 0.400. The second-order valence-electron chi connectivity index (χ2n) is 4.84. The Kier molecular flexibility index (Phi) is 4.90. The van der Waals surface area contributed by atoms with E-state index in [2.05, 4.69) is 21.4 Å². The number of fused-ring (bicyclic) bond motifs is 1. The van der Waals surface area contributed by atoms with Crippen LogP contribution in [0.4, 0.5) is 5.82 Å². The molecule has 2 aromatic heterocycles. The maximum atomic E-state index is 12.0. The molecule has 2 rings (SSSR count). The second kappa shape index (κ2) is 6.67. The molecule has 2 heterocycles. The predicted octanol–water partition coefficient (Wildman–Crippen LogP) is 3.55. The van der Waals surface area contributed by atoms with Crippen molar-refractivity contribution in [3.63, 3.8) is 0 Å². The van der Waals surface area contributed by atoms with Crippen molar-refractivity contribution in [2.24, 2.45) is 0 Å². The van der Waals surface area contributed by atoms with Gasteiger partial charge in [0.15, 0.2) is 0 Å². The Labute approximate surface area is 128 Å². The minimum atomic E-state index is -0.298. The number of anilines is 1. The third kappa shape index (κ3) is 3.39. The van der Waals surface area contributed by atoms with Crippen molar-refractivity contribution in [3.8, 4) is 0 Å². The van der Waals surface area contributed by atoms with Crippen molar-refractivity contribution in [2.45, 2.75) is 27.7 Å². The Hall–Kier alpha value is -1.95. The number of ether oxygens (including phenoxy) is 1. The third-order valence-corrected chi connectivity index (χ3v) is 4.15. The topological polar surface area (TPSA) is 64.1 Å². The number of nitrogens with zero attached hydrogens (tertiary/aromatic N) is 2. The van der Waals surface area contributed by atoms with Crippen LogP contribution in [0.25, 0.3) is 10.2 Å². The lowest BCUT2D eigenvalue weighted by atomic mass is 10.2. The number of thiophene rings is 1. The van der Waals surface area contributed by atoms with Crippen LogP contribution in [-0.4, -0.2) is 29.1 Å². The number of hydrogen-bond donors (Lipinski definition) is 1. The summed E-state index contributed by atoms with van der Waals surface area (Å²) in [6.07, 6.45) is 3.60. The Balaban J connectivity index is 2.39. The van der Waals surface area contributed by atoms with E-state index in [1.165, 1.54) is 23.2 Å². The fourth-order valence-electron chi connectivity index (χ4n) is 1.95. The largest absolute Gasteiger partial charge is 0.462 e. The molecule has 6 heteroatoms. The van der Waals surface area contributed by atoms with Crippen LogP contribution < -0.4 is 5.32 Å². The molecular formula is C15H19N3O2S. The monoisotopic (exact) mass is 305 g/mol. The normalized spacial score (nSPS) is 10.5. The van der Waals surface area contributed by atoms with Crippen LogP contribution in [0.2, 0.25) is 0 Å². The number of aromatic nitrogens is 2. The molecule has 0 aliphatic carbocycles. The highest BCUT2D eigenvalue weighted by molar-refractivity contribution is 7.20. The summed E-state index contributed by atoms with van der Waals surface area (Å²) in [7, 11) is 0. The quantitative estimate of drug-likeness (QED) is 0.676. The van der Waals surface area contributed by atoms with Gasteiger partial charge in [-0.1, -0.05) is 11.6 Å². The minimum absolute atomic E-state index is 0.298. The molecule has 5 nitrogen and oxygen atoms in total. The zero-order valence-electron chi connectivity index (χ0n) is 12.7. The summed E-state index contributed by atoms with van der Waals surface area (Å²) < 4.78 is 5.08. The summed E-state index contributed by atoms with van der Waals surface area (Å²) in [6.45, 7) is 8.85. The average Bonchev–Trinajstić information content (AvgIpc) is 2.77. The highest BCUT2D eigenvalue weighted by Crippen LogP contribution is 2.33. The van der Waals surface area contributed by atoms with Crippen molar-refractivity contribution < 1.29 is 9.53 Å². The van der Waals surface area contributed by atoms with Gasteiger partial charge in [0.25, 0.3) is 0 Å². The highest BCUT2D eigenvalue weighted by atomic mass is 32.1. The molecule has 0 aromatic carbocycles. The van der Waals surface area contributed by atoms with Gasteiger partial charge in [-0.2, -0.15) is 0 Å². The average molecular weight is 305 g/mol. The van der Waals surface area contributed by atoms with Crippen molar-refractivity contribution in [1.29, 1.82) is 0 Å². The summed E-state index contributed by atoms with van der Waals surface area (Å²) in [6, 6.07) is 0. The number of rotatable bonds is 5. The fourth-order valence-corrected chi connectivity index (χ4v) is 2.99. The van der Waals surface area contributed by atoms with Gasteiger partial charge in [-0.15, -0.1) is 11.3 Å². The molecule has 0 unspecified atom stereocenters. The van der Waals surface area contributed by atoms with E-state index in [-0.39, 0.29) is 5.97 Å².